The van der Waals surface area contributed by atoms with Crippen molar-refractivity contribution in [2.24, 2.45) is 0 Å². The molecule has 1 atom stereocenters. The van der Waals surface area contributed by atoms with Gasteiger partial charge in [0.2, 0.25) is 0 Å². The van der Waals surface area contributed by atoms with Gasteiger partial charge in [-0.3, -0.25) is 9.97 Å². The van der Waals surface area contributed by atoms with E-state index < -0.39 is 0 Å². The van der Waals surface area contributed by atoms with Gasteiger partial charge >= 0.3 is 0 Å². The minimum Gasteiger partial charge on any atom is -0.306 e. The minimum atomic E-state index is 0.279. The highest BCUT2D eigenvalue weighted by Gasteiger charge is 2.06. The molecule has 0 aliphatic heterocycles. The van der Waals surface area contributed by atoms with Crippen LogP contribution in [0.15, 0.2) is 61.2 Å². The van der Waals surface area contributed by atoms with E-state index in [2.05, 4.69) is 52.5 Å². The molecule has 0 unspecified atom stereocenters. The van der Waals surface area contributed by atoms with E-state index in [1.807, 2.05) is 24.7 Å². The van der Waals surface area contributed by atoms with Crippen LogP contribution in [0.5, 0.6) is 0 Å². The van der Waals surface area contributed by atoms with Crippen LogP contribution in [0.3, 0.4) is 0 Å². The first-order valence-corrected chi connectivity index (χ1v) is 6.79. The Balaban J connectivity index is 1.77. The lowest BCUT2D eigenvalue weighted by atomic mass is 10.1. The molecule has 0 bridgehead atoms. The summed E-state index contributed by atoms with van der Waals surface area (Å²) in [6, 6.07) is 12.7. The number of hydrogen-bond donors (Lipinski definition) is 1. The van der Waals surface area contributed by atoms with Gasteiger partial charge in [-0.05, 0) is 35.6 Å². The molecule has 3 nitrogen and oxygen atoms in total. The van der Waals surface area contributed by atoms with Crippen molar-refractivity contribution in [3.8, 4) is 0 Å². The SMILES string of the molecule is C[C@@H](NCc1cccc2cnccc12)c1cccnc1. The van der Waals surface area contributed by atoms with Crippen LogP contribution in [0.25, 0.3) is 10.8 Å². The molecule has 1 N–H and O–H groups in total. The molecular weight excluding hydrogens is 246 g/mol. The quantitative estimate of drug-likeness (QED) is 0.783. The van der Waals surface area contributed by atoms with Crippen LogP contribution in [-0.4, -0.2) is 9.97 Å². The van der Waals surface area contributed by atoms with E-state index in [-0.39, 0.29) is 6.04 Å². The van der Waals surface area contributed by atoms with Gasteiger partial charge in [-0.25, -0.2) is 0 Å². The van der Waals surface area contributed by atoms with Crippen LogP contribution in [0, 0.1) is 0 Å². The smallest absolute Gasteiger partial charge is 0.0346 e. The van der Waals surface area contributed by atoms with E-state index in [1.54, 1.807) is 6.20 Å². The van der Waals surface area contributed by atoms with Crippen molar-refractivity contribution in [1.82, 2.24) is 15.3 Å². The van der Waals surface area contributed by atoms with Crippen molar-refractivity contribution in [3.63, 3.8) is 0 Å². The van der Waals surface area contributed by atoms with Gasteiger partial charge < -0.3 is 5.32 Å². The summed E-state index contributed by atoms with van der Waals surface area (Å²) in [5.41, 5.74) is 2.50. The van der Waals surface area contributed by atoms with Crippen molar-refractivity contribution >= 4 is 10.8 Å². The molecule has 0 radical (unpaired) electrons. The Morgan fingerprint density at radius 3 is 2.75 bits per heavy atom. The Hall–Kier alpha value is -2.26. The zero-order valence-corrected chi connectivity index (χ0v) is 11.5. The van der Waals surface area contributed by atoms with Crippen LogP contribution in [0.4, 0.5) is 0 Å². The van der Waals surface area contributed by atoms with Gasteiger partial charge in [0, 0.05) is 42.8 Å². The lowest BCUT2D eigenvalue weighted by Gasteiger charge is -2.14. The molecule has 3 aromatic rings. The molecular formula is C17H17N3. The van der Waals surface area contributed by atoms with Crippen molar-refractivity contribution in [2.45, 2.75) is 19.5 Å². The molecule has 0 aliphatic rings. The molecule has 0 amide bonds. The van der Waals surface area contributed by atoms with Crippen LogP contribution in [-0.2, 0) is 6.54 Å². The average Bonchev–Trinajstić information content (AvgIpc) is 2.53. The fourth-order valence-corrected chi connectivity index (χ4v) is 2.36. The van der Waals surface area contributed by atoms with E-state index in [4.69, 9.17) is 0 Å². The summed E-state index contributed by atoms with van der Waals surface area (Å²) in [5.74, 6) is 0. The molecule has 3 heteroatoms. The maximum atomic E-state index is 4.17. The van der Waals surface area contributed by atoms with E-state index in [9.17, 15) is 0 Å². The molecule has 0 saturated heterocycles. The molecule has 0 saturated carbocycles. The summed E-state index contributed by atoms with van der Waals surface area (Å²) in [7, 11) is 0. The predicted octanol–water partition coefficient (Wildman–Crippen LogP) is 3.48. The predicted molar refractivity (Wildman–Crippen MR) is 81.2 cm³/mol. The molecule has 0 aliphatic carbocycles. The number of rotatable bonds is 4. The number of benzene rings is 1. The van der Waals surface area contributed by atoms with E-state index in [0.717, 1.165) is 6.54 Å². The molecule has 20 heavy (non-hydrogen) atoms. The zero-order valence-electron chi connectivity index (χ0n) is 11.5. The zero-order chi connectivity index (χ0) is 13.8. The number of pyridine rings is 2. The van der Waals surface area contributed by atoms with Gasteiger partial charge in [0.1, 0.15) is 0 Å². The second-order valence-electron chi connectivity index (χ2n) is 4.90. The van der Waals surface area contributed by atoms with Gasteiger partial charge in [0.15, 0.2) is 0 Å². The van der Waals surface area contributed by atoms with Gasteiger partial charge in [-0.1, -0.05) is 24.3 Å². The molecule has 2 heterocycles. The summed E-state index contributed by atoms with van der Waals surface area (Å²) in [5, 5.41) is 5.99. The highest BCUT2D eigenvalue weighted by molar-refractivity contribution is 5.84. The van der Waals surface area contributed by atoms with Gasteiger partial charge in [0.05, 0.1) is 0 Å². The largest absolute Gasteiger partial charge is 0.306 e. The number of fused-ring (bicyclic) bond motifs is 1. The lowest BCUT2D eigenvalue weighted by molar-refractivity contribution is 0.575. The van der Waals surface area contributed by atoms with Crippen molar-refractivity contribution in [2.75, 3.05) is 0 Å². The molecule has 3 rings (SSSR count). The van der Waals surface area contributed by atoms with Crippen LogP contribution >= 0.6 is 0 Å². The van der Waals surface area contributed by atoms with Crippen molar-refractivity contribution in [1.29, 1.82) is 0 Å². The third kappa shape index (κ3) is 2.68. The summed E-state index contributed by atoms with van der Waals surface area (Å²) >= 11 is 0. The number of hydrogen-bond acceptors (Lipinski definition) is 3. The van der Waals surface area contributed by atoms with E-state index in [0.29, 0.717) is 0 Å². The fraction of sp³-hybridized carbons (Fsp3) is 0.176. The first-order chi connectivity index (χ1) is 9.84. The summed E-state index contributed by atoms with van der Waals surface area (Å²) in [6.45, 7) is 2.99. The summed E-state index contributed by atoms with van der Waals surface area (Å²) in [6.07, 6.45) is 7.46. The number of nitrogens with one attached hydrogen (secondary N) is 1. The summed E-state index contributed by atoms with van der Waals surface area (Å²) in [4.78, 5) is 8.33. The standard InChI is InChI=1S/C17H17N3/c1-13(14-6-3-8-18-10-14)20-12-16-5-2-4-15-11-19-9-7-17(15)16/h2-11,13,20H,12H2,1H3/t13-/m1/s1. The van der Waals surface area contributed by atoms with Crippen LogP contribution in [0.2, 0.25) is 0 Å². The third-order valence-corrected chi connectivity index (χ3v) is 3.55. The maximum Gasteiger partial charge on any atom is 0.0346 e. The van der Waals surface area contributed by atoms with Gasteiger partial charge in [-0.2, -0.15) is 0 Å². The minimum absolute atomic E-state index is 0.279. The highest BCUT2D eigenvalue weighted by Crippen LogP contribution is 2.18. The van der Waals surface area contributed by atoms with Gasteiger partial charge in [-0.15, -0.1) is 0 Å². The van der Waals surface area contributed by atoms with Crippen LogP contribution in [0.1, 0.15) is 24.1 Å². The topological polar surface area (TPSA) is 37.8 Å². The first-order valence-electron chi connectivity index (χ1n) is 6.79. The van der Waals surface area contributed by atoms with E-state index in [1.165, 1.54) is 21.9 Å². The second kappa shape index (κ2) is 5.80. The maximum absolute atomic E-state index is 4.17. The highest BCUT2D eigenvalue weighted by atomic mass is 14.9. The Morgan fingerprint density at radius 1 is 1.00 bits per heavy atom. The van der Waals surface area contributed by atoms with Crippen molar-refractivity contribution < 1.29 is 0 Å². The van der Waals surface area contributed by atoms with E-state index >= 15 is 0 Å². The van der Waals surface area contributed by atoms with Crippen molar-refractivity contribution in [3.05, 3.63) is 72.3 Å². The third-order valence-electron chi connectivity index (χ3n) is 3.55. The second-order valence-corrected chi connectivity index (χ2v) is 4.90. The lowest BCUT2D eigenvalue weighted by Crippen LogP contribution is -2.18. The fourth-order valence-electron chi connectivity index (χ4n) is 2.36. The normalized spacial score (nSPS) is 12.4. The average molecular weight is 263 g/mol. The Kier molecular flexibility index (Phi) is 3.70. The first kappa shape index (κ1) is 12.8. The van der Waals surface area contributed by atoms with Gasteiger partial charge in [0.25, 0.3) is 0 Å². The Bertz CT molecular complexity index is 689. The Labute approximate surface area is 118 Å². The molecule has 0 spiro atoms. The van der Waals surface area contributed by atoms with Crippen LogP contribution < -0.4 is 5.32 Å². The number of aromatic nitrogens is 2. The number of nitrogens with zero attached hydrogens (tertiary/aromatic N) is 2. The molecule has 100 valence electrons. The molecule has 2 aromatic heterocycles. The monoisotopic (exact) mass is 263 g/mol. The summed E-state index contributed by atoms with van der Waals surface area (Å²) < 4.78 is 0. The molecule has 1 aromatic carbocycles. The molecule has 0 fully saturated rings. The Morgan fingerprint density at radius 2 is 1.90 bits per heavy atom.